The number of thiophene rings is 1. The van der Waals surface area contributed by atoms with Crippen LogP contribution >= 0.6 is 11.3 Å². The Morgan fingerprint density at radius 3 is 2.57 bits per heavy atom. The smallest absolute Gasteiger partial charge is 0.308 e. The largest absolute Gasteiger partial charge is 0.481 e. The van der Waals surface area contributed by atoms with Crippen molar-refractivity contribution < 1.29 is 18.3 Å². The average Bonchev–Trinajstić information content (AvgIpc) is 3.02. The summed E-state index contributed by atoms with van der Waals surface area (Å²) in [6, 6.07) is 1.38. The molecule has 3 rings (SSSR count). The molecule has 4 atom stereocenters. The van der Waals surface area contributed by atoms with Crippen LogP contribution in [-0.2, 0) is 14.8 Å². The first-order chi connectivity index (χ1) is 9.79. The molecule has 0 saturated heterocycles. The second-order valence-electron chi connectivity index (χ2n) is 6.17. The summed E-state index contributed by atoms with van der Waals surface area (Å²) in [6.07, 6.45) is 2.65. The topological polar surface area (TPSA) is 83.5 Å². The van der Waals surface area contributed by atoms with Crippen molar-refractivity contribution in [2.24, 2.45) is 17.8 Å². The Hall–Kier alpha value is -0.920. The Balaban J connectivity index is 1.88. The van der Waals surface area contributed by atoms with E-state index in [-0.39, 0.29) is 11.8 Å². The molecule has 2 fully saturated rings. The second kappa shape index (κ2) is 5.07. The van der Waals surface area contributed by atoms with E-state index in [2.05, 4.69) is 4.72 Å². The standard InChI is InChI=1S/C14H19NO4S2/c1-7-5-8(2)20-14(7)21(18,19)15-12-10-4-3-9(6-10)11(12)13(16)17/h5,9-12,15H,3-4,6H2,1-2H3,(H,16,17). The summed E-state index contributed by atoms with van der Waals surface area (Å²) in [5.41, 5.74) is 0.722. The number of rotatable bonds is 4. The molecule has 1 aromatic rings. The summed E-state index contributed by atoms with van der Waals surface area (Å²) >= 11 is 1.24. The van der Waals surface area contributed by atoms with Gasteiger partial charge in [-0.1, -0.05) is 0 Å². The van der Waals surface area contributed by atoms with Gasteiger partial charge in [-0.15, -0.1) is 11.3 Å². The quantitative estimate of drug-likeness (QED) is 0.886. The van der Waals surface area contributed by atoms with E-state index in [0.717, 1.165) is 29.7 Å². The third kappa shape index (κ3) is 2.51. The van der Waals surface area contributed by atoms with Crippen molar-refractivity contribution in [3.05, 3.63) is 16.5 Å². The van der Waals surface area contributed by atoms with Crippen molar-refractivity contribution >= 4 is 27.3 Å². The van der Waals surface area contributed by atoms with Crippen LogP contribution in [0.1, 0.15) is 29.7 Å². The minimum atomic E-state index is -3.64. The van der Waals surface area contributed by atoms with E-state index in [9.17, 15) is 18.3 Å². The lowest BCUT2D eigenvalue weighted by Gasteiger charge is -2.28. The van der Waals surface area contributed by atoms with Gasteiger partial charge in [0.25, 0.3) is 10.0 Å². The lowest BCUT2D eigenvalue weighted by atomic mass is 9.85. The number of fused-ring (bicyclic) bond motifs is 2. The molecule has 0 aliphatic heterocycles. The Morgan fingerprint density at radius 2 is 2.00 bits per heavy atom. The molecule has 5 nitrogen and oxygen atoms in total. The van der Waals surface area contributed by atoms with Crippen molar-refractivity contribution in [2.75, 3.05) is 0 Å². The number of sulfonamides is 1. The first-order valence-corrected chi connectivity index (χ1v) is 9.41. The number of carbonyl (C=O) groups is 1. The van der Waals surface area contributed by atoms with Gasteiger partial charge in [0.1, 0.15) is 4.21 Å². The van der Waals surface area contributed by atoms with Crippen LogP contribution in [0.5, 0.6) is 0 Å². The average molecular weight is 329 g/mol. The summed E-state index contributed by atoms with van der Waals surface area (Å²) in [5, 5.41) is 9.40. The number of aliphatic carboxylic acids is 1. The summed E-state index contributed by atoms with van der Waals surface area (Å²) in [5.74, 6) is -1.19. The number of hydrogen-bond donors (Lipinski definition) is 2. The maximum absolute atomic E-state index is 12.6. The van der Waals surface area contributed by atoms with Crippen molar-refractivity contribution in [1.29, 1.82) is 0 Å². The number of aryl methyl sites for hydroxylation is 2. The molecule has 2 saturated carbocycles. The zero-order valence-electron chi connectivity index (χ0n) is 12.0. The Labute approximate surface area is 128 Å². The van der Waals surface area contributed by atoms with E-state index >= 15 is 0 Å². The Kier molecular flexibility index (Phi) is 3.62. The third-order valence-electron chi connectivity index (χ3n) is 4.73. The van der Waals surface area contributed by atoms with Crippen LogP contribution in [0.25, 0.3) is 0 Å². The molecule has 2 aliphatic carbocycles. The molecule has 2 aliphatic rings. The zero-order valence-corrected chi connectivity index (χ0v) is 13.6. The number of hydrogen-bond acceptors (Lipinski definition) is 4. The van der Waals surface area contributed by atoms with Crippen molar-refractivity contribution in [3.8, 4) is 0 Å². The fraction of sp³-hybridized carbons (Fsp3) is 0.643. The second-order valence-corrected chi connectivity index (χ2v) is 9.34. The van der Waals surface area contributed by atoms with Gasteiger partial charge in [-0.3, -0.25) is 4.79 Å². The first kappa shape index (κ1) is 15.0. The highest BCUT2D eigenvalue weighted by Crippen LogP contribution is 2.49. The molecule has 2 bridgehead atoms. The lowest BCUT2D eigenvalue weighted by Crippen LogP contribution is -2.46. The summed E-state index contributed by atoms with van der Waals surface area (Å²) < 4.78 is 28.1. The summed E-state index contributed by atoms with van der Waals surface area (Å²) in [4.78, 5) is 12.4. The predicted molar refractivity (Wildman–Crippen MR) is 79.9 cm³/mol. The van der Waals surface area contributed by atoms with Gasteiger partial charge in [-0.05, 0) is 56.6 Å². The van der Waals surface area contributed by atoms with Gasteiger partial charge >= 0.3 is 5.97 Å². The molecule has 1 aromatic heterocycles. The molecular formula is C14H19NO4S2. The van der Waals surface area contributed by atoms with Crippen molar-refractivity contribution in [2.45, 2.75) is 43.4 Å². The highest BCUT2D eigenvalue weighted by atomic mass is 32.2. The molecule has 2 N–H and O–H groups in total. The van der Waals surface area contributed by atoms with Gasteiger partial charge in [0, 0.05) is 10.9 Å². The monoisotopic (exact) mass is 329 g/mol. The van der Waals surface area contributed by atoms with Crippen LogP contribution in [-0.4, -0.2) is 25.5 Å². The SMILES string of the molecule is Cc1cc(C)c(S(=O)(=O)NC2C3CCC(C3)C2C(=O)O)s1. The molecule has 116 valence electrons. The first-order valence-electron chi connectivity index (χ1n) is 7.12. The van der Waals surface area contributed by atoms with Gasteiger partial charge < -0.3 is 5.11 Å². The Morgan fingerprint density at radius 1 is 1.33 bits per heavy atom. The van der Waals surface area contributed by atoms with E-state index < -0.39 is 28.0 Å². The van der Waals surface area contributed by atoms with E-state index in [4.69, 9.17) is 0 Å². The Bertz CT molecular complexity index is 679. The molecular weight excluding hydrogens is 310 g/mol. The lowest BCUT2D eigenvalue weighted by molar-refractivity contribution is -0.144. The maximum atomic E-state index is 12.6. The van der Waals surface area contributed by atoms with Crippen LogP contribution < -0.4 is 4.72 Å². The van der Waals surface area contributed by atoms with Gasteiger partial charge in [-0.2, -0.15) is 0 Å². The van der Waals surface area contributed by atoms with E-state index in [1.807, 2.05) is 13.0 Å². The molecule has 1 heterocycles. The van der Waals surface area contributed by atoms with Crippen LogP contribution in [0.4, 0.5) is 0 Å². The predicted octanol–water partition coefficient (Wildman–Crippen LogP) is 2.14. The number of carboxylic acids is 1. The van der Waals surface area contributed by atoms with E-state index in [1.165, 1.54) is 11.3 Å². The van der Waals surface area contributed by atoms with Gasteiger partial charge in [0.2, 0.25) is 0 Å². The van der Waals surface area contributed by atoms with Crippen LogP contribution in [0, 0.1) is 31.6 Å². The fourth-order valence-electron chi connectivity index (χ4n) is 3.94. The highest BCUT2D eigenvalue weighted by molar-refractivity contribution is 7.91. The van der Waals surface area contributed by atoms with Crippen LogP contribution in [0.15, 0.2) is 10.3 Å². The minimum absolute atomic E-state index is 0.117. The molecule has 0 aromatic carbocycles. The normalized spacial score (nSPS) is 31.7. The van der Waals surface area contributed by atoms with Gasteiger partial charge in [0.15, 0.2) is 0 Å². The van der Waals surface area contributed by atoms with Crippen LogP contribution in [0.2, 0.25) is 0 Å². The molecule has 0 radical (unpaired) electrons. The fourth-order valence-corrected chi connectivity index (χ4v) is 6.95. The molecule has 21 heavy (non-hydrogen) atoms. The summed E-state index contributed by atoms with van der Waals surface area (Å²) in [7, 11) is -3.64. The van der Waals surface area contributed by atoms with Gasteiger partial charge in [0.05, 0.1) is 5.92 Å². The zero-order chi connectivity index (χ0) is 15.4. The number of nitrogens with one attached hydrogen (secondary N) is 1. The van der Waals surface area contributed by atoms with Crippen LogP contribution in [0.3, 0.4) is 0 Å². The van der Waals surface area contributed by atoms with Crippen molar-refractivity contribution in [1.82, 2.24) is 4.72 Å². The highest BCUT2D eigenvalue weighted by Gasteiger charge is 2.52. The third-order valence-corrected chi connectivity index (χ3v) is 7.98. The van der Waals surface area contributed by atoms with E-state index in [0.29, 0.717) is 4.21 Å². The maximum Gasteiger partial charge on any atom is 0.308 e. The van der Waals surface area contributed by atoms with Gasteiger partial charge in [-0.25, -0.2) is 13.1 Å². The summed E-state index contributed by atoms with van der Waals surface area (Å²) in [6.45, 7) is 3.64. The molecule has 0 spiro atoms. The molecule has 4 unspecified atom stereocenters. The van der Waals surface area contributed by atoms with E-state index in [1.54, 1.807) is 6.92 Å². The molecule has 7 heteroatoms. The van der Waals surface area contributed by atoms with Crippen molar-refractivity contribution in [3.63, 3.8) is 0 Å². The molecule has 0 amide bonds. The number of carboxylic acid groups (broad SMARTS) is 1. The minimum Gasteiger partial charge on any atom is -0.481 e.